The minimum Gasteiger partial charge on any atom is -0.315 e. The quantitative estimate of drug-likeness (QED) is 0.696. The van der Waals surface area contributed by atoms with E-state index >= 15 is 0 Å². The highest BCUT2D eigenvalue weighted by Gasteiger charge is 2.59. The van der Waals surface area contributed by atoms with Gasteiger partial charge in [-0.05, 0) is 35.7 Å². The van der Waals surface area contributed by atoms with Gasteiger partial charge < -0.3 is 9.80 Å². The van der Waals surface area contributed by atoms with Gasteiger partial charge in [0.25, 0.3) is 5.91 Å². The molecule has 2 aromatic carbocycles. The average molecular weight is 433 g/mol. The zero-order valence-electron chi connectivity index (χ0n) is 16.3. The van der Waals surface area contributed by atoms with Crippen LogP contribution in [0, 0.1) is 11.7 Å². The molecule has 1 unspecified atom stereocenters. The minimum absolute atomic E-state index is 0.0758. The smallest absolute Gasteiger partial charge is 0.268 e. The first kappa shape index (κ1) is 20.2. The summed E-state index contributed by atoms with van der Waals surface area (Å²) >= 11 is 7.73. The molecule has 0 aromatic heterocycles. The number of carbonyl (C=O) groups excluding carboxylic acids is 2. The molecule has 1 atom stereocenters. The molecular weight excluding hydrogens is 411 g/mol. The average Bonchev–Trinajstić information content (AvgIpc) is 3.20. The van der Waals surface area contributed by atoms with E-state index in [0.717, 1.165) is 5.56 Å². The van der Waals surface area contributed by atoms with Crippen LogP contribution in [0.15, 0.2) is 42.5 Å². The lowest BCUT2D eigenvalue weighted by Crippen LogP contribution is -2.50. The molecule has 2 amide bonds. The van der Waals surface area contributed by atoms with Crippen LogP contribution in [-0.2, 0) is 21.0 Å². The standard InChI is InChI=1S/C22H22ClFN2O2S/c1-14(2)11-20(27)26-9-10-29-22(26)17-12-16(24)7-8-19(17)25(21(22)28)13-15-5-3-4-6-18(15)23/h3-8,12,14H,9-11,13H2,1-2H3. The lowest BCUT2D eigenvalue weighted by atomic mass is 10.0. The topological polar surface area (TPSA) is 40.6 Å². The Morgan fingerprint density at radius 1 is 1.28 bits per heavy atom. The van der Waals surface area contributed by atoms with Crippen LogP contribution in [0.2, 0.25) is 5.02 Å². The number of carbonyl (C=O) groups is 2. The number of anilines is 1. The second-order valence-electron chi connectivity index (χ2n) is 7.78. The first-order valence-electron chi connectivity index (χ1n) is 9.64. The molecule has 152 valence electrons. The van der Waals surface area contributed by atoms with Crippen LogP contribution in [-0.4, -0.2) is 29.0 Å². The van der Waals surface area contributed by atoms with Crippen molar-refractivity contribution in [1.82, 2.24) is 4.90 Å². The fourth-order valence-corrected chi connectivity index (χ4v) is 5.72. The molecule has 2 aromatic rings. The molecule has 0 saturated carbocycles. The highest BCUT2D eigenvalue weighted by Crippen LogP contribution is 2.54. The molecule has 7 heteroatoms. The summed E-state index contributed by atoms with van der Waals surface area (Å²) in [6, 6.07) is 11.7. The van der Waals surface area contributed by atoms with Gasteiger partial charge in [0.15, 0.2) is 4.87 Å². The maximum atomic E-state index is 14.2. The zero-order valence-corrected chi connectivity index (χ0v) is 17.9. The van der Waals surface area contributed by atoms with Gasteiger partial charge in [-0.15, -0.1) is 11.8 Å². The van der Waals surface area contributed by atoms with Gasteiger partial charge >= 0.3 is 0 Å². The first-order chi connectivity index (χ1) is 13.8. The maximum Gasteiger partial charge on any atom is 0.268 e. The van der Waals surface area contributed by atoms with E-state index in [0.29, 0.717) is 35.0 Å². The molecular formula is C22H22ClFN2O2S. The van der Waals surface area contributed by atoms with Crippen LogP contribution < -0.4 is 4.90 Å². The zero-order chi connectivity index (χ0) is 20.8. The summed E-state index contributed by atoms with van der Waals surface area (Å²) in [5.41, 5.74) is 1.99. The van der Waals surface area contributed by atoms with Crippen LogP contribution in [0.1, 0.15) is 31.4 Å². The van der Waals surface area contributed by atoms with Gasteiger partial charge in [-0.2, -0.15) is 0 Å². The van der Waals surface area contributed by atoms with E-state index in [-0.39, 0.29) is 24.3 Å². The Kier molecular flexibility index (Phi) is 5.34. The number of amides is 2. The number of hydrogen-bond acceptors (Lipinski definition) is 3. The van der Waals surface area contributed by atoms with Crippen molar-refractivity contribution in [3.8, 4) is 0 Å². The van der Waals surface area contributed by atoms with Crippen LogP contribution in [0.25, 0.3) is 0 Å². The van der Waals surface area contributed by atoms with Gasteiger partial charge in [-0.1, -0.05) is 43.6 Å². The van der Waals surface area contributed by atoms with Gasteiger partial charge in [0.2, 0.25) is 5.91 Å². The molecule has 2 aliphatic heterocycles. The molecule has 29 heavy (non-hydrogen) atoms. The summed E-state index contributed by atoms with van der Waals surface area (Å²) < 4.78 is 14.2. The largest absolute Gasteiger partial charge is 0.315 e. The Morgan fingerprint density at radius 3 is 2.76 bits per heavy atom. The molecule has 1 fully saturated rings. The Bertz CT molecular complexity index is 983. The van der Waals surface area contributed by atoms with Crippen LogP contribution in [0.3, 0.4) is 0 Å². The van der Waals surface area contributed by atoms with Crippen LogP contribution in [0.5, 0.6) is 0 Å². The lowest BCUT2D eigenvalue weighted by Gasteiger charge is -2.33. The number of fused-ring (bicyclic) bond motifs is 2. The number of thioether (sulfide) groups is 1. The van der Waals surface area contributed by atoms with Gasteiger partial charge in [0.1, 0.15) is 5.82 Å². The van der Waals surface area contributed by atoms with Crippen molar-refractivity contribution in [1.29, 1.82) is 0 Å². The summed E-state index contributed by atoms with van der Waals surface area (Å²) in [6.07, 6.45) is 0.352. The highest BCUT2D eigenvalue weighted by atomic mass is 35.5. The van der Waals surface area contributed by atoms with Crippen molar-refractivity contribution in [2.24, 2.45) is 5.92 Å². The number of nitrogens with zero attached hydrogens (tertiary/aromatic N) is 2. The summed E-state index contributed by atoms with van der Waals surface area (Å²) in [5.74, 6) is 0.101. The Labute approximate surface area is 179 Å². The summed E-state index contributed by atoms with van der Waals surface area (Å²) in [5, 5.41) is 0.566. The van der Waals surface area contributed by atoms with Gasteiger partial charge in [-0.25, -0.2) is 4.39 Å². The normalized spacial score (nSPS) is 20.8. The van der Waals surface area contributed by atoms with E-state index in [4.69, 9.17) is 11.6 Å². The van der Waals surface area contributed by atoms with E-state index in [9.17, 15) is 14.0 Å². The second-order valence-corrected chi connectivity index (χ2v) is 9.47. The van der Waals surface area contributed by atoms with E-state index in [1.54, 1.807) is 21.9 Å². The number of benzene rings is 2. The summed E-state index contributed by atoms with van der Waals surface area (Å²) in [4.78, 5) is 28.8. The molecule has 2 heterocycles. The van der Waals surface area contributed by atoms with Crippen LogP contribution >= 0.6 is 23.4 Å². The third-order valence-electron chi connectivity index (χ3n) is 5.33. The van der Waals surface area contributed by atoms with Crippen molar-refractivity contribution in [3.05, 3.63) is 64.4 Å². The summed E-state index contributed by atoms with van der Waals surface area (Å²) in [7, 11) is 0. The van der Waals surface area contributed by atoms with E-state index < -0.39 is 10.7 Å². The summed E-state index contributed by atoms with van der Waals surface area (Å²) in [6.45, 7) is 4.69. The molecule has 0 bridgehead atoms. The van der Waals surface area contributed by atoms with Gasteiger partial charge in [-0.3, -0.25) is 9.59 Å². The third-order valence-corrected chi connectivity index (χ3v) is 7.11. The predicted molar refractivity (Wildman–Crippen MR) is 114 cm³/mol. The molecule has 4 nitrogen and oxygen atoms in total. The first-order valence-corrected chi connectivity index (χ1v) is 11.0. The third kappa shape index (κ3) is 3.32. The van der Waals surface area contributed by atoms with Crippen molar-refractivity contribution < 1.29 is 14.0 Å². The molecule has 1 saturated heterocycles. The number of halogens is 2. The van der Waals surface area contributed by atoms with E-state index in [2.05, 4.69) is 0 Å². The van der Waals surface area contributed by atoms with E-state index in [1.165, 1.54) is 23.9 Å². The fraction of sp³-hybridized carbons (Fsp3) is 0.364. The highest BCUT2D eigenvalue weighted by molar-refractivity contribution is 8.01. The van der Waals surface area contributed by atoms with Crippen molar-refractivity contribution >= 4 is 40.9 Å². The monoisotopic (exact) mass is 432 g/mol. The minimum atomic E-state index is -1.20. The van der Waals surface area contributed by atoms with Crippen molar-refractivity contribution in [3.63, 3.8) is 0 Å². The molecule has 0 N–H and O–H groups in total. The molecule has 4 rings (SSSR count). The molecule has 0 radical (unpaired) electrons. The van der Waals surface area contributed by atoms with Gasteiger partial charge in [0, 0.05) is 29.3 Å². The number of rotatable bonds is 4. The van der Waals surface area contributed by atoms with Crippen LogP contribution in [0.4, 0.5) is 10.1 Å². The maximum absolute atomic E-state index is 14.2. The predicted octanol–water partition coefficient (Wildman–Crippen LogP) is 4.80. The van der Waals surface area contributed by atoms with Gasteiger partial charge in [0.05, 0.1) is 12.2 Å². The molecule has 0 aliphatic carbocycles. The Hall–Kier alpha value is -2.05. The molecule has 2 aliphatic rings. The second kappa shape index (κ2) is 7.65. The van der Waals surface area contributed by atoms with Crippen molar-refractivity contribution in [2.45, 2.75) is 31.7 Å². The SMILES string of the molecule is CC(C)CC(=O)N1CCSC12C(=O)N(Cc1ccccc1Cl)c1ccc(F)cc12. The Morgan fingerprint density at radius 2 is 2.03 bits per heavy atom. The Balaban J connectivity index is 1.80. The van der Waals surface area contributed by atoms with Crippen molar-refractivity contribution in [2.75, 3.05) is 17.2 Å². The lowest BCUT2D eigenvalue weighted by molar-refractivity contribution is -0.140. The fourth-order valence-electron chi connectivity index (χ4n) is 4.06. The number of hydrogen-bond donors (Lipinski definition) is 0. The molecule has 1 spiro atoms. The van der Waals surface area contributed by atoms with E-state index in [1.807, 2.05) is 32.0 Å².